The van der Waals surface area contributed by atoms with Gasteiger partial charge in [0.05, 0.1) is 11.9 Å². The molecule has 4 heteroatoms. The van der Waals surface area contributed by atoms with E-state index in [2.05, 4.69) is 30.4 Å². The van der Waals surface area contributed by atoms with Gasteiger partial charge in [-0.1, -0.05) is 29.8 Å². The van der Waals surface area contributed by atoms with Crippen molar-refractivity contribution in [3.63, 3.8) is 0 Å². The van der Waals surface area contributed by atoms with Crippen LogP contribution in [0, 0.1) is 6.92 Å². The van der Waals surface area contributed by atoms with Crippen LogP contribution >= 0.6 is 11.8 Å². The molecule has 0 aliphatic rings. The minimum Gasteiger partial charge on any atom is -0.393 e. The highest BCUT2D eigenvalue weighted by Gasteiger charge is 2.02. The zero-order valence-corrected chi connectivity index (χ0v) is 12.5. The van der Waals surface area contributed by atoms with Crippen LogP contribution in [0.1, 0.15) is 30.9 Å². The van der Waals surface area contributed by atoms with Crippen molar-refractivity contribution in [3.05, 3.63) is 35.4 Å². The zero-order chi connectivity index (χ0) is 14.1. The Hall–Kier alpha value is -1.00. The van der Waals surface area contributed by atoms with Gasteiger partial charge in [0.1, 0.15) is 0 Å². The Morgan fingerprint density at radius 3 is 2.95 bits per heavy atom. The summed E-state index contributed by atoms with van der Waals surface area (Å²) in [6.07, 6.45) is 1.27. The standard InChI is InChI=1S/C15H23NO2S/c1-12-5-3-7-14(9-12)10-19-11-15(18)16-8-4-6-13(2)17/h3,5,7,9,13,17H,4,6,8,10-11H2,1-2H3,(H,16,18). The second kappa shape index (κ2) is 8.99. The molecule has 0 aromatic heterocycles. The van der Waals surface area contributed by atoms with Crippen molar-refractivity contribution < 1.29 is 9.90 Å². The lowest BCUT2D eigenvalue weighted by Crippen LogP contribution is -2.26. The summed E-state index contributed by atoms with van der Waals surface area (Å²) in [5.74, 6) is 1.43. The van der Waals surface area contributed by atoms with Crippen molar-refractivity contribution in [2.75, 3.05) is 12.3 Å². The van der Waals surface area contributed by atoms with Gasteiger partial charge < -0.3 is 10.4 Å². The maximum absolute atomic E-state index is 11.6. The lowest BCUT2D eigenvalue weighted by Gasteiger charge is -2.06. The molecular formula is C15H23NO2S. The summed E-state index contributed by atoms with van der Waals surface area (Å²) >= 11 is 1.63. The Kier molecular flexibility index (Phi) is 7.60. The largest absolute Gasteiger partial charge is 0.393 e. The highest BCUT2D eigenvalue weighted by molar-refractivity contribution is 7.99. The Morgan fingerprint density at radius 2 is 2.26 bits per heavy atom. The van der Waals surface area contributed by atoms with Crippen LogP contribution in [-0.4, -0.2) is 29.4 Å². The summed E-state index contributed by atoms with van der Waals surface area (Å²) in [5.41, 5.74) is 2.51. The molecule has 0 aliphatic carbocycles. The van der Waals surface area contributed by atoms with Crippen LogP contribution in [0.15, 0.2) is 24.3 Å². The first-order valence-corrected chi connectivity index (χ1v) is 7.81. The molecule has 0 spiro atoms. The van der Waals surface area contributed by atoms with Crippen LogP contribution in [0.2, 0.25) is 0 Å². The SMILES string of the molecule is Cc1cccc(CSCC(=O)NCCCC(C)O)c1. The first kappa shape index (κ1) is 16.1. The summed E-state index contributed by atoms with van der Waals surface area (Å²) in [6, 6.07) is 8.35. The van der Waals surface area contributed by atoms with Gasteiger partial charge in [-0.3, -0.25) is 4.79 Å². The van der Waals surface area contributed by atoms with Gasteiger partial charge in [-0.2, -0.15) is 0 Å². The van der Waals surface area contributed by atoms with Crippen LogP contribution in [0.3, 0.4) is 0 Å². The number of thioether (sulfide) groups is 1. The number of aryl methyl sites for hydroxylation is 1. The summed E-state index contributed by atoms with van der Waals surface area (Å²) in [6.45, 7) is 4.48. The summed E-state index contributed by atoms with van der Waals surface area (Å²) in [5, 5.41) is 12.0. The van der Waals surface area contributed by atoms with Crippen LogP contribution in [0.5, 0.6) is 0 Å². The summed E-state index contributed by atoms with van der Waals surface area (Å²) < 4.78 is 0. The fourth-order valence-electron chi connectivity index (χ4n) is 1.74. The number of benzene rings is 1. The van der Waals surface area contributed by atoms with Crippen LogP contribution in [-0.2, 0) is 10.5 Å². The number of carbonyl (C=O) groups is 1. The lowest BCUT2D eigenvalue weighted by molar-refractivity contribution is -0.118. The Morgan fingerprint density at radius 1 is 1.47 bits per heavy atom. The van der Waals surface area contributed by atoms with Gasteiger partial charge in [-0.05, 0) is 32.3 Å². The molecule has 0 radical (unpaired) electrons. The fourth-order valence-corrected chi connectivity index (χ4v) is 2.54. The molecule has 3 nitrogen and oxygen atoms in total. The number of rotatable bonds is 8. The highest BCUT2D eigenvalue weighted by Crippen LogP contribution is 2.13. The van der Waals surface area contributed by atoms with E-state index in [0.29, 0.717) is 12.3 Å². The minimum absolute atomic E-state index is 0.0724. The molecule has 1 unspecified atom stereocenters. The quantitative estimate of drug-likeness (QED) is 0.720. The van der Waals surface area contributed by atoms with Gasteiger partial charge >= 0.3 is 0 Å². The minimum atomic E-state index is -0.285. The molecule has 106 valence electrons. The Balaban J connectivity index is 2.10. The van der Waals surface area contributed by atoms with Gasteiger partial charge in [-0.25, -0.2) is 0 Å². The number of aliphatic hydroxyl groups excluding tert-OH is 1. The molecule has 1 aromatic rings. The number of nitrogens with one attached hydrogen (secondary N) is 1. The normalized spacial score (nSPS) is 12.2. The van der Waals surface area contributed by atoms with E-state index in [1.807, 2.05) is 6.07 Å². The van der Waals surface area contributed by atoms with E-state index in [1.165, 1.54) is 11.1 Å². The van der Waals surface area contributed by atoms with Crippen LogP contribution < -0.4 is 5.32 Å². The first-order chi connectivity index (χ1) is 9.08. The van der Waals surface area contributed by atoms with E-state index in [0.717, 1.165) is 18.6 Å². The predicted molar refractivity (Wildman–Crippen MR) is 81.3 cm³/mol. The maximum atomic E-state index is 11.6. The Bertz CT molecular complexity index is 393. The monoisotopic (exact) mass is 281 g/mol. The number of amides is 1. The molecule has 0 saturated carbocycles. The summed E-state index contributed by atoms with van der Waals surface area (Å²) in [7, 11) is 0. The maximum Gasteiger partial charge on any atom is 0.230 e. The van der Waals surface area contributed by atoms with Crippen LogP contribution in [0.25, 0.3) is 0 Å². The van der Waals surface area contributed by atoms with Gasteiger partial charge in [-0.15, -0.1) is 11.8 Å². The second-order valence-electron chi connectivity index (χ2n) is 4.82. The van der Waals surface area contributed by atoms with Gasteiger partial charge in [0, 0.05) is 12.3 Å². The average Bonchev–Trinajstić information content (AvgIpc) is 2.34. The first-order valence-electron chi connectivity index (χ1n) is 6.66. The fraction of sp³-hybridized carbons (Fsp3) is 0.533. The molecule has 0 heterocycles. The van der Waals surface area contributed by atoms with E-state index >= 15 is 0 Å². The lowest BCUT2D eigenvalue weighted by atomic mass is 10.2. The molecule has 0 aliphatic heterocycles. The van der Waals surface area contributed by atoms with E-state index < -0.39 is 0 Å². The van der Waals surface area contributed by atoms with E-state index in [1.54, 1.807) is 18.7 Å². The van der Waals surface area contributed by atoms with Gasteiger partial charge in [0.15, 0.2) is 0 Å². The van der Waals surface area contributed by atoms with E-state index in [-0.39, 0.29) is 12.0 Å². The molecule has 0 fully saturated rings. The molecule has 1 amide bonds. The number of hydrogen-bond acceptors (Lipinski definition) is 3. The number of carbonyl (C=O) groups excluding carboxylic acids is 1. The molecular weight excluding hydrogens is 258 g/mol. The number of hydrogen-bond donors (Lipinski definition) is 2. The second-order valence-corrected chi connectivity index (χ2v) is 5.81. The molecule has 1 atom stereocenters. The average molecular weight is 281 g/mol. The highest BCUT2D eigenvalue weighted by atomic mass is 32.2. The molecule has 1 rings (SSSR count). The van der Waals surface area contributed by atoms with E-state index in [9.17, 15) is 4.79 Å². The third kappa shape index (κ3) is 7.90. The van der Waals surface area contributed by atoms with Crippen molar-refractivity contribution in [2.24, 2.45) is 0 Å². The van der Waals surface area contributed by atoms with Crippen molar-refractivity contribution >= 4 is 17.7 Å². The number of aliphatic hydroxyl groups is 1. The Labute approximate surface area is 119 Å². The van der Waals surface area contributed by atoms with Gasteiger partial charge in [0.25, 0.3) is 0 Å². The predicted octanol–water partition coefficient (Wildman–Crippen LogP) is 2.51. The molecule has 2 N–H and O–H groups in total. The molecule has 1 aromatic carbocycles. The van der Waals surface area contributed by atoms with Crippen molar-refractivity contribution in [2.45, 2.75) is 38.5 Å². The van der Waals surface area contributed by atoms with Crippen molar-refractivity contribution in [1.29, 1.82) is 0 Å². The topological polar surface area (TPSA) is 49.3 Å². The van der Waals surface area contributed by atoms with Crippen molar-refractivity contribution in [3.8, 4) is 0 Å². The molecule has 19 heavy (non-hydrogen) atoms. The summed E-state index contributed by atoms with van der Waals surface area (Å²) in [4.78, 5) is 11.6. The van der Waals surface area contributed by atoms with Crippen LogP contribution in [0.4, 0.5) is 0 Å². The molecule has 0 bridgehead atoms. The third-order valence-corrected chi connectivity index (χ3v) is 3.71. The smallest absolute Gasteiger partial charge is 0.230 e. The van der Waals surface area contributed by atoms with Crippen molar-refractivity contribution in [1.82, 2.24) is 5.32 Å². The molecule has 0 saturated heterocycles. The zero-order valence-electron chi connectivity index (χ0n) is 11.7. The third-order valence-electron chi connectivity index (χ3n) is 2.71. The van der Waals surface area contributed by atoms with E-state index in [4.69, 9.17) is 5.11 Å². The van der Waals surface area contributed by atoms with Gasteiger partial charge in [0.2, 0.25) is 5.91 Å².